The molecule has 0 atom stereocenters. The number of hydrogen-bond donors (Lipinski definition) is 0. The molecule has 1 aromatic heterocycles. The van der Waals surface area contributed by atoms with Crippen molar-refractivity contribution in [1.82, 2.24) is 9.29 Å². The van der Waals surface area contributed by atoms with Crippen LogP contribution in [0.4, 0.5) is 0 Å². The number of sulfonamides is 1. The van der Waals surface area contributed by atoms with Crippen LogP contribution < -0.4 is 0 Å². The minimum absolute atomic E-state index is 0.0159. The van der Waals surface area contributed by atoms with Crippen LogP contribution in [0.15, 0.2) is 56.7 Å². The topological polar surface area (TPSA) is 97.5 Å². The van der Waals surface area contributed by atoms with E-state index in [1.54, 1.807) is 18.2 Å². The largest absolute Gasteiger partial charge is 0.440 e. The Hall–Kier alpha value is -1.94. The molecule has 29 heavy (non-hydrogen) atoms. The first-order valence-corrected chi connectivity index (χ1v) is 12.7. The molecule has 154 valence electrons. The van der Waals surface area contributed by atoms with Gasteiger partial charge in [0.2, 0.25) is 10.0 Å². The van der Waals surface area contributed by atoms with E-state index in [4.69, 9.17) is 16.0 Å². The van der Waals surface area contributed by atoms with Gasteiger partial charge in [0, 0.05) is 30.3 Å². The Labute approximate surface area is 174 Å². The highest BCUT2D eigenvalue weighted by atomic mass is 35.5. The highest BCUT2D eigenvalue weighted by Gasteiger charge is 2.34. The zero-order chi connectivity index (χ0) is 20.8. The molecular weight excluding hydrogens is 436 g/mol. The second kappa shape index (κ2) is 7.39. The van der Waals surface area contributed by atoms with Gasteiger partial charge in [0.1, 0.15) is 10.4 Å². The summed E-state index contributed by atoms with van der Waals surface area (Å²) in [6, 6.07) is 10.9. The summed E-state index contributed by atoms with van der Waals surface area (Å²) in [5.41, 5.74) is 1.31. The quantitative estimate of drug-likeness (QED) is 0.598. The van der Waals surface area contributed by atoms with Gasteiger partial charge in [-0.3, -0.25) is 0 Å². The maximum Gasteiger partial charge on any atom is 0.244 e. The Balaban J connectivity index is 1.56. The van der Waals surface area contributed by atoms with Crippen molar-refractivity contribution in [3.8, 4) is 0 Å². The molecule has 0 amide bonds. The molecule has 0 aliphatic carbocycles. The Bertz CT molecular complexity index is 1280. The predicted octanol–water partition coefficient (Wildman–Crippen LogP) is 3.45. The Morgan fingerprint density at radius 3 is 2.34 bits per heavy atom. The lowest BCUT2D eigenvalue weighted by Gasteiger charge is -2.30. The van der Waals surface area contributed by atoms with E-state index in [1.807, 2.05) is 0 Å². The molecular formula is C19H19ClN2O5S2. The summed E-state index contributed by atoms with van der Waals surface area (Å²) in [5.74, 6) is 0.550. The molecule has 1 aliphatic heterocycles. The zero-order valence-electron chi connectivity index (χ0n) is 15.6. The number of piperidine rings is 1. The smallest absolute Gasteiger partial charge is 0.244 e. The molecule has 2 aromatic carbocycles. The van der Waals surface area contributed by atoms with Gasteiger partial charge in [-0.05, 0) is 43.2 Å². The van der Waals surface area contributed by atoms with E-state index in [2.05, 4.69) is 4.98 Å². The number of nitrogens with zero attached hydrogens (tertiary/aromatic N) is 2. The van der Waals surface area contributed by atoms with Gasteiger partial charge in [-0.25, -0.2) is 21.8 Å². The van der Waals surface area contributed by atoms with Crippen LogP contribution in [-0.2, 0) is 19.9 Å². The number of hydrogen-bond acceptors (Lipinski definition) is 6. The first-order chi connectivity index (χ1) is 13.7. The van der Waals surface area contributed by atoms with Crippen molar-refractivity contribution < 1.29 is 21.3 Å². The number of sulfone groups is 1. The van der Waals surface area contributed by atoms with Gasteiger partial charge in [0.05, 0.1) is 4.90 Å². The lowest BCUT2D eigenvalue weighted by Crippen LogP contribution is -2.38. The van der Waals surface area contributed by atoms with Crippen LogP contribution in [0.1, 0.15) is 24.7 Å². The Morgan fingerprint density at radius 2 is 1.69 bits per heavy atom. The predicted molar refractivity (Wildman–Crippen MR) is 109 cm³/mol. The molecule has 0 saturated carbocycles. The molecule has 0 N–H and O–H groups in total. The zero-order valence-corrected chi connectivity index (χ0v) is 18.0. The van der Waals surface area contributed by atoms with Crippen LogP contribution >= 0.6 is 11.6 Å². The molecule has 7 nitrogen and oxygen atoms in total. The molecule has 3 aromatic rings. The molecule has 1 aliphatic rings. The number of oxazole rings is 1. The Kier molecular flexibility index (Phi) is 5.18. The number of rotatable bonds is 4. The first kappa shape index (κ1) is 20.3. The van der Waals surface area contributed by atoms with E-state index in [0.717, 1.165) is 6.26 Å². The van der Waals surface area contributed by atoms with Crippen molar-refractivity contribution in [2.45, 2.75) is 28.6 Å². The third kappa shape index (κ3) is 3.92. The monoisotopic (exact) mass is 454 g/mol. The normalized spacial score (nSPS) is 17.0. The third-order valence-corrected chi connectivity index (χ3v) is 8.51. The van der Waals surface area contributed by atoms with E-state index in [0.29, 0.717) is 34.9 Å². The van der Waals surface area contributed by atoms with Crippen molar-refractivity contribution in [3.63, 3.8) is 0 Å². The van der Waals surface area contributed by atoms with Crippen LogP contribution in [0.25, 0.3) is 11.1 Å². The van der Waals surface area contributed by atoms with E-state index < -0.39 is 19.9 Å². The molecule has 0 bridgehead atoms. The lowest BCUT2D eigenvalue weighted by molar-refractivity contribution is 0.293. The maximum atomic E-state index is 13.1. The van der Waals surface area contributed by atoms with E-state index in [1.165, 1.54) is 28.6 Å². The SMILES string of the molecule is CS(=O)(=O)c1ccccc1S(=O)(=O)N1CCC(c2nc3cc(Cl)ccc3o2)CC1. The van der Waals surface area contributed by atoms with Crippen LogP contribution in [0.3, 0.4) is 0 Å². The second-order valence-corrected chi connectivity index (χ2v) is 11.4. The molecule has 0 radical (unpaired) electrons. The van der Waals surface area contributed by atoms with Gasteiger partial charge in [-0.1, -0.05) is 23.7 Å². The maximum absolute atomic E-state index is 13.1. The fourth-order valence-corrected chi connectivity index (χ4v) is 6.78. The molecule has 4 rings (SSSR count). The Morgan fingerprint density at radius 1 is 1.03 bits per heavy atom. The summed E-state index contributed by atoms with van der Waals surface area (Å²) >= 11 is 5.99. The van der Waals surface area contributed by atoms with Crippen molar-refractivity contribution in [3.05, 3.63) is 53.4 Å². The van der Waals surface area contributed by atoms with Crippen molar-refractivity contribution in [2.75, 3.05) is 19.3 Å². The molecule has 1 fully saturated rings. The average molecular weight is 455 g/mol. The third-order valence-electron chi connectivity index (χ3n) is 5.04. The molecule has 0 unspecified atom stereocenters. The van der Waals surface area contributed by atoms with Crippen LogP contribution in [0.5, 0.6) is 0 Å². The van der Waals surface area contributed by atoms with E-state index >= 15 is 0 Å². The summed E-state index contributed by atoms with van der Waals surface area (Å²) in [4.78, 5) is 4.13. The number of benzene rings is 2. The van der Waals surface area contributed by atoms with Crippen molar-refractivity contribution >= 4 is 42.6 Å². The number of halogens is 1. The molecule has 10 heteroatoms. The molecule has 1 saturated heterocycles. The average Bonchev–Trinajstić information content (AvgIpc) is 3.10. The fourth-order valence-electron chi connectivity index (χ4n) is 3.54. The summed E-state index contributed by atoms with van der Waals surface area (Å²) in [7, 11) is -7.60. The van der Waals surface area contributed by atoms with Crippen molar-refractivity contribution in [2.24, 2.45) is 0 Å². The minimum Gasteiger partial charge on any atom is -0.440 e. The van der Waals surface area contributed by atoms with Gasteiger partial charge < -0.3 is 4.42 Å². The minimum atomic E-state index is -3.93. The van der Waals surface area contributed by atoms with Crippen LogP contribution in [0.2, 0.25) is 5.02 Å². The van der Waals surface area contributed by atoms with Crippen molar-refractivity contribution in [1.29, 1.82) is 0 Å². The molecule has 2 heterocycles. The van der Waals surface area contributed by atoms with Gasteiger partial charge in [0.15, 0.2) is 21.3 Å². The standard InChI is InChI=1S/C19H19ClN2O5S2/c1-28(23,24)17-4-2-3-5-18(17)29(25,26)22-10-8-13(9-11-22)19-21-15-12-14(20)6-7-16(15)27-19/h2-7,12-13H,8-11H2,1H3. The van der Waals surface area contributed by atoms with E-state index in [-0.39, 0.29) is 28.8 Å². The highest BCUT2D eigenvalue weighted by Crippen LogP contribution is 2.33. The number of aromatic nitrogens is 1. The second-order valence-electron chi connectivity index (χ2n) is 7.06. The summed E-state index contributed by atoms with van der Waals surface area (Å²) < 4.78 is 57.3. The molecule has 0 spiro atoms. The fraction of sp³-hybridized carbons (Fsp3) is 0.316. The van der Waals surface area contributed by atoms with Crippen LogP contribution in [-0.4, -0.2) is 45.5 Å². The van der Waals surface area contributed by atoms with Gasteiger partial charge in [-0.2, -0.15) is 4.31 Å². The van der Waals surface area contributed by atoms with Gasteiger partial charge in [-0.15, -0.1) is 0 Å². The van der Waals surface area contributed by atoms with Gasteiger partial charge >= 0.3 is 0 Å². The summed E-state index contributed by atoms with van der Waals surface area (Å²) in [6.07, 6.45) is 2.06. The van der Waals surface area contributed by atoms with Gasteiger partial charge in [0.25, 0.3) is 0 Å². The first-order valence-electron chi connectivity index (χ1n) is 9.01. The lowest BCUT2D eigenvalue weighted by atomic mass is 9.98. The summed E-state index contributed by atoms with van der Waals surface area (Å²) in [5, 5.41) is 0.572. The number of fused-ring (bicyclic) bond motifs is 1. The van der Waals surface area contributed by atoms with E-state index in [9.17, 15) is 16.8 Å². The van der Waals surface area contributed by atoms with Crippen LogP contribution in [0, 0.1) is 0 Å². The summed E-state index contributed by atoms with van der Waals surface area (Å²) in [6.45, 7) is 0.509. The highest BCUT2D eigenvalue weighted by molar-refractivity contribution is 7.93.